The monoisotopic (exact) mass is 727 g/mol. The summed E-state index contributed by atoms with van der Waals surface area (Å²) in [5.74, 6) is 0.174. The van der Waals surface area contributed by atoms with Crippen molar-refractivity contribution in [3.05, 3.63) is 72.9 Å². The van der Waals surface area contributed by atoms with Crippen LogP contribution in [0, 0.1) is 5.92 Å². The van der Waals surface area contributed by atoms with Crippen molar-refractivity contribution >= 4 is 11.9 Å². The van der Waals surface area contributed by atoms with Crippen LogP contribution in [0.1, 0.15) is 175 Å². The first-order chi connectivity index (χ1) is 25.4. The number of aliphatic hydroxyl groups excluding tert-OH is 2. The second-order valence-corrected chi connectivity index (χ2v) is 14.1. The molecule has 0 spiro atoms. The average molecular weight is 727 g/mol. The van der Waals surface area contributed by atoms with E-state index >= 15 is 0 Å². The zero-order valence-electron chi connectivity index (χ0n) is 33.6. The van der Waals surface area contributed by atoms with Crippen molar-refractivity contribution in [3.8, 4) is 0 Å². The molecule has 52 heavy (non-hydrogen) atoms. The molecule has 3 atom stereocenters. The highest BCUT2D eigenvalue weighted by atomic mass is 16.6. The third-order valence-corrected chi connectivity index (χ3v) is 9.15. The lowest BCUT2D eigenvalue weighted by molar-refractivity contribution is -0.161. The number of unbranched alkanes of at least 4 members (excludes halogenated alkanes) is 13. The number of hydrogen-bond acceptors (Lipinski definition) is 6. The minimum absolute atomic E-state index is 0.112. The van der Waals surface area contributed by atoms with Crippen molar-refractivity contribution in [1.29, 1.82) is 0 Å². The van der Waals surface area contributed by atoms with E-state index in [1.54, 1.807) is 6.08 Å². The van der Waals surface area contributed by atoms with E-state index in [9.17, 15) is 19.8 Å². The van der Waals surface area contributed by atoms with Gasteiger partial charge in [-0.15, -0.1) is 0 Å². The van der Waals surface area contributed by atoms with Crippen molar-refractivity contribution < 1.29 is 29.3 Å². The van der Waals surface area contributed by atoms with Crippen LogP contribution in [-0.2, 0) is 19.1 Å². The predicted molar refractivity (Wildman–Crippen MR) is 220 cm³/mol. The highest BCUT2D eigenvalue weighted by Crippen LogP contribution is 2.16. The van der Waals surface area contributed by atoms with E-state index in [1.807, 2.05) is 36.5 Å². The summed E-state index contributed by atoms with van der Waals surface area (Å²) in [5.41, 5.74) is 0. The van der Waals surface area contributed by atoms with Gasteiger partial charge in [-0.2, -0.15) is 0 Å². The number of ether oxygens (including phenoxy) is 2. The fourth-order valence-corrected chi connectivity index (χ4v) is 5.58. The Morgan fingerprint density at radius 2 is 1.15 bits per heavy atom. The Kier molecular flexibility index (Phi) is 37.5. The Morgan fingerprint density at radius 3 is 1.75 bits per heavy atom. The number of rotatable bonds is 36. The maximum atomic E-state index is 12.2. The summed E-state index contributed by atoms with van der Waals surface area (Å²) in [6.45, 7) is 6.28. The number of allylic oxidation sites excluding steroid dienone is 10. The van der Waals surface area contributed by atoms with Crippen molar-refractivity contribution in [2.75, 3.05) is 13.2 Å². The normalized spacial score (nSPS) is 14.2. The predicted octanol–water partition coefficient (Wildman–Crippen LogP) is 12.2. The van der Waals surface area contributed by atoms with E-state index in [-0.39, 0.29) is 25.6 Å². The van der Waals surface area contributed by atoms with Gasteiger partial charge in [0.2, 0.25) is 0 Å². The average Bonchev–Trinajstić information content (AvgIpc) is 3.14. The smallest absolute Gasteiger partial charge is 0.306 e. The third kappa shape index (κ3) is 37.1. The van der Waals surface area contributed by atoms with E-state index in [2.05, 4.69) is 51.2 Å². The quantitative estimate of drug-likeness (QED) is 0.0289. The lowest BCUT2D eigenvalue weighted by Gasteiger charge is -2.15. The van der Waals surface area contributed by atoms with Crippen LogP contribution < -0.4 is 0 Å². The standard InChI is InChI=1S/C46H78O6/c1-4-6-7-8-26-31-36-43(48)37-32-27-22-18-15-16-20-24-29-34-39-46(50)52-44(40-47)41-51-45(49)38-33-28-23-19-14-12-10-9-11-13-17-21-25-30-35-42(3)5-2/h6-7,15-16,22,24,26-27,29,31-32,37,42-44,47-48H,4-5,8-14,17-21,23,25,28,30,33-36,38-41H2,1-3H3/b7-6-,16-15-,27-22-,29-24-,31-26-,37-32+/t42?,43?,44-/m0/s1. The summed E-state index contributed by atoms with van der Waals surface area (Å²) < 4.78 is 10.5. The molecule has 0 saturated heterocycles. The van der Waals surface area contributed by atoms with Gasteiger partial charge in [0.05, 0.1) is 12.7 Å². The molecule has 0 aliphatic rings. The van der Waals surface area contributed by atoms with Crippen LogP contribution >= 0.6 is 0 Å². The molecule has 2 N–H and O–H groups in total. The van der Waals surface area contributed by atoms with E-state index in [0.29, 0.717) is 19.3 Å². The van der Waals surface area contributed by atoms with Crippen molar-refractivity contribution in [3.63, 3.8) is 0 Å². The minimum atomic E-state index is -0.830. The summed E-state index contributed by atoms with van der Waals surface area (Å²) in [4.78, 5) is 24.3. The van der Waals surface area contributed by atoms with Crippen LogP contribution in [0.5, 0.6) is 0 Å². The Bertz CT molecular complexity index is 991. The largest absolute Gasteiger partial charge is 0.462 e. The van der Waals surface area contributed by atoms with Gasteiger partial charge in [0.15, 0.2) is 6.10 Å². The molecule has 0 saturated carbocycles. The Balaban J connectivity index is 3.74. The second-order valence-electron chi connectivity index (χ2n) is 14.1. The zero-order valence-corrected chi connectivity index (χ0v) is 33.6. The van der Waals surface area contributed by atoms with Crippen LogP contribution in [0.15, 0.2) is 72.9 Å². The van der Waals surface area contributed by atoms with Crippen LogP contribution in [0.25, 0.3) is 0 Å². The summed E-state index contributed by atoms with van der Waals surface area (Å²) >= 11 is 0. The molecule has 0 aromatic heterocycles. The van der Waals surface area contributed by atoms with Crippen molar-refractivity contribution in [2.45, 2.75) is 187 Å². The number of carbonyl (C=O) groups is 2. The first-order valence-electron chi connectivity index (χ1n) is 21.0. The van der Waals surface area contributed by atoms with Gasteiger partial charge >= 0.3 is 11.9 Å². The maximum absolute atomic E-state index is 12.2. The van der Waals surface area contributed by atoms with Crippen LogP contribution in [0.3, 0.4) is 0 Å². The summed E-state index contributed by atoms with van der Waals surface area (Å²) in [5, 5.41) is 19.5. The molecule has 0 fully saturated rings. The van der Waals surface area contributed by atoms with Gasteiger partial charge in [0.25, 0.3) is 0 Å². The molecule has 0 radical (unpaired) electrons. The van der Waals surface area contributed by atoms with E-state index in [1.165, 1.54) is 83.5 Å². The Labute approximate surface area is 319 Å². The number of aliphatic hydroxyl groups is 2. The molecule has 6 nitrogen and oxygen atoms in total. The van der Waals surface area contributed by atoms with Gasteiger partial charge in [-0.05, 0) is 50.9 Å². The lowest BCUT2D eigenvalue weighted by atomic mass is 9.99. The SMILES string of the molecule is CC/C=C\C/C=C\CC(O)/C=C/C=C\C/C=C\C/C=C\CCC(=O)O[C@@H](CO)COC(=O)CCCCCCCCCCCCCCCCC(C)CC. The van der Waals surface area contributed by atoms with Gasteiger partial charge in [0.1, 0.15) is 6.61 Å². The molecule has 0 aliphatic carbocycles. The summed E-state index contributed by atoms with van der Waals surface area (Å²) in [6, 6.07) is 0. The first kappa shape index (κ1) is 49.3. The lowest BCUT2D eigenvalue weighted by Crippen LogP contribution is -2.28. The molecule has 0 aliphatic heterocycles. The molecule has 0 bridgehead atoms. The van der Waals surface area contributed by atoms with E-state index in [0.717, 1.165) is 50.9 Å². The fourth-order valence-electron chi connectivity index (χ4n) is 5.58. The van der Waals surface area contributed by atoms with Crippen LogP contribution in [0.2, 0.25) is 0 Å². The molecular weight excluding hydrogens is 648 g/mol. The van der Waals surface area contributed by atoms with Gasteiger partial charge in [-0.3, -0.25) is 9.59 Å². The van der Waals surface area contributed by atoms with Crippen LogP contribution in [-0.4, -0.2) is 47.6 Å². The molecule has 0 aromatic carbocycles. The van der Waals surface area contributed by atoms with Crippen molar-refractivity contribution in [2.24, 2.45) is 5.92 Å². The summed E-state index contributed by atoms with van der Waals surface area (Å²) in [7, 11) is 0. The second kappa shape index (κ2) is 39.5. The highest BCUT2D eigenvalue weighted by Gasteiger charge is 2.15. The molecule has 298 valence electrons. The third-order valence-electron chi connectivity index (χ3n) is 9.15. The molecular formula is C46H78O6. The maximum Gasteiger partial charge on any atom is 0.306 e. The van der Waals surface area contributed by atoms with E-state index < -0.39 is 18.2 Å². The van der Waals surface area contributed by atoms with Crippen molar-refractivity contribution in [1.82, 2.24) is 0 Å². The number of esters is 2. The van der Waals surface area contributed by atoms with Gasteiger partial charge in [-0.1, -0.05) is 190 Å². The molecule has 6 heteroatoms. The number of carbonyl (C=O) groups excluding carboxylic acids is 2. The van der Waals surface area contributed by atoms with Gasteiger partial charge in [-0.25, -0.2) is 0 Å². The number of hydrogen-bond donors (Lipinski definition) is 2. The van der Waals surface area contributed by atoms with E-state index in [4.69, 9.17) is 9.47 Å². The fraction of sp³-hybridized carbons (Fsp3) is 0.696. The minimum Gasteiger partial charge on any atom is -0.462 e. The topological polar surface area (TPSA) is 93.1 Å². The van der Waals surface area contributed by atoms with Gasteiger partial charge in [0, 0.05) is 12.8 Å². The van der Waals surface area contributed by atoms with Crippen LogP contribution in [0.4, 0.5) is 0 Å². The molecule has 0 amide bonds. The molecule has 0 heterocycles. The molecule has 2 unspecified atom stereocenters. The summed E-state index contributed by atoms with van der Waals surface area (Å²) in [6.07, 6.45) is 48.5. The molecule has 0 aromatic rings. The molecule has 0 rings (SSSR count). The first-order valence-corrected chi connectivity index (χ1v) is 21.0. The highest BCUT2D eigenvalue weighted by molar-refractivity contribution is 5.70. The Morgan fingerprint density at radius 1 is 0.615 bits per heavy atom. The van der Waals surface area contributed by atoms with Gasteiger partial charge < -0.3 is 19.7 Å². The Hall–Kier alpha value is -2.70. The zero-order chi connectivity index (χ0) is 38.2.